The number of nitrogens with zero attached hydrogens (tertiary/aromatic N) is 1. The lowest BCUT2D eigenvalue weighted by molar-refractivity contribution is 0.205. The maximum Gasteiger partial charge on any atom is 0.118 e. The van der Waals surface area contributed by atoms with Crippen LogP contribution in [-0.4, -0.2) is 18.6 Å². The topological polar surface area (TPSA) is 12.5 Å². The van der Waals surface area contributed by atoms with Crippen LogP contribution in [0.5, 0.6) is 5.75 Å². The van der Waals surface area contributed by atoms with Gasteiger partial charge in [0, 0.05) is 13.1 Å². The zero-order chi connectivity index (χ0) is 19.6. The molecule has 2 heteroatoms. The second kappa shape index (κ2) is 7.73. The Morgan fingerprint density at radius 2 is 1.52 bits per heavy atom. The molecule has 0 spiro atoms. The van der Waals surface area contributed by atoms with Crippen molar-refractivity contribution in [3.05, 3.63) is 113 Å². The molecule has 29 heavy (non-hydrogen) atoms. The lowest BCUT2D eigenvalue weighted by Crippen LogP contribution is -2.35. The number of rotatable bonds is 4. The average Bonchev–Trinajstić information content (AvgIpc) is 2.79. The van der Waals surface area contributed by atoms with Crippen LogP contribution >= 0.6 is 0 Å². The fourth-order valence-electron chi connectivity index (χ4n) is 4.61. The molecule has 0 bridgehead atoms. The minimum atomic E-state index is 0.258. The second-order valence-corrected chi connectivity index (χ2v) is 7.74. The van der Waals surface area contributed by atoms with Crippen LogP contribution in [0.15, 0.2) is 91.0 Å². The average molecular weight is 380 g/mol. The van der Waals surface area contributed by atoms with E-state index in [-0.39, 0.29) is 6.04 Å². The normalized spacial score (nSPS) is 16.5. The van der Waals surface area contributed by atoms with Crippen molar-refractivity contribution in [1.29, 1.82) is 0 Å². The molecule has 0 aromatic heterocycles. The lowest BCUT2D eigenvalue weighted by Gasteiger charge is -2.38. The first kappa shape index (κ1) is 18.0. The molecule has 0 unspecified atom stereocenters. The molecule has 1 aliphatic rings. The number of hydrogen-bond acceptors (Lipinski definition) is 2. The third kappa shape index (κ3) is 3.41. The molecular formula is C27H25NO. The molecule has 0 aliphatic carbocycles. The van der Waals surface area contributed by atoms with Crippen LogP contribution in [0.2, 0.25) is 0 Å². The summed E-state index contributed by atoms with van der Waals surface area (Å²) in [6.45, 7) is 1.98. The van der Waals surface area contributed by atoms with Crippen molar-refractivity contribution in [1.82, 2.24) is 4.90 Å². The lowest BCUT2D eigenvalue weighted by atomic mass is 9.86. The van der Waals surface area contributed by atoms with Crippen LogP contribution in [0, 0.1) is 0 Å². The van der Waals surface area contributed by atoms with Crippen molar-refractivity contribution in [2.45, 2.75) is 19.0 Å². The van der Waals surface area contributed by atoms with Gasteiger partial charge < -0.3 is 4.74 Å². The predicted molar refractivity (Wildman–Crippen MR) is 119 cm³/mol. The summed E-state index contributed by atoms with van der Waals surface area (Å²) in [7, 11) is 1.72. The fraction of sp³-hybridized carbons (Fsp3) is 0.185. The monoisotopic (exact) mass is 379 g/mol. The molecule has 1 aliphatic heterocycles. The fourth-order valence-corrected chi connectivity index (χ4v) is 4.61. The Morgan fingerprint density at radius 1 is 0.793 bits per heavy atom. The SMILES string of the molecule is COc1ccc(CN2CCc3ccccc3[C@H]2c2cccc3ccccc23)cc1. The van der Waals surface area contributed by atoms with Gasteiger partial charge >= 0.3 is 0 Å². The molecule has 4 aromatic rings. The number of benzene rings is 4. The van der Waals surface area contributed by atoms with E-state index in [9.17, 15) is 0 Å². The standard InChI is InChI=1S/C27H25NO/c1-29-23-15-13-20(14-16-23)19-28-18-17-22-8-3-5-11-25(22)27(28)26-12-6-9-21-7-2-4-10-24(21)26/h2-16,27H,17-19H2,1H3/t27-/m0/s1. The van der Waals surface area contributed by atoms with Gasteiger partial charge in [0.25, 0.3) is 0 Å². The minimum Gasteiger partial charge on any atom is -0.497 e. The second-order valence-electron chi connectivity index (χ2n) is 7.74. The summed E-state index contributed by atoms with van der Waals surface area (Å²) in [5.74, 6) is 0.906. The van der Waals surface area contributed by atoms with Gasteiger partial charge in [-0.1, -0.05) is 78.9 Å². The van der Waals surface area contributed by atoms with E-state index in [0.717, 1.165) is 25.3 Å². The Labute approximate surface area is 172 Å². The zero-order valence-corrected chi connectivity index (χ0v) is 16.7. The highest BCUT2D eigenvalue weighted by molar-refractivity contribution is 5.86. The summed E-state index contributed by atoms with van der Waals surface area (Å²) < 4.78 is 5.33. The van der Waals surface area contributed by atoms with Crippen molar-refractivity contribution in [3.8, 4) is 5.75 Å². The Kier molecular flexibility index (Phi) is 4.79. The summed E-state index contributed by atoms with van der Waals surface area (Å²) in [5.41, 5.74) is 5.61. The zero-order valence-electron chi connectivity index (χ0n) is 16.7. The quantitative estimate of drug-likeness (QED) is 0.431. The van der Waals surface area contributed by atoms with Gasteiger partial charge in [0.2, 0.25) is 0 Å². The Morgan fingerprint density at radius 3 is 2.38 bits per heavy atom. The summed E-state index contributed by atoms with van der Waals surface area (Å²) in [6.07, 6.45) is 1.09. The third-order valence-electron chi connectivity index (χ3n) is 6.05. The van der Waals surface area contributed by atoms with Crippen LogP contribution in [-0.2, 0) is 13.0 Å². The van der Waals surface area contributed by atoms with E-state index in [1.54, 1.807) is 7.11 Å². The molecule has 0 saturated carbocycles. The van der Waals surface area contributed by atoms with E-state index in [1.807, 2.05) is 0 Å². The van der Waals surface area contributed by atoms with Gasteiger partial charge in [0.1, 0.15) is 5.75 Å². The van der Waals surface area contributed by atoms with E-state index < -0.39 is 0 Å². The summed E-state index contributed by atoms with van der Waals surface area (Å²) in [6, 6.07) is 33.1. The Hall–Kier alpha value is -3.10. The first-order valence-electron chi connectivity index (χ1n) is 10.3. The molecule has 144 valence electrons. The van der Waals surface area contributed by atoms with Gasteiger partial charge in [0.15, 0.2) is 0 Å². The maximum absolute atomic E-state index is 5.33. The van der Waals surface area contributed by atoms with Crippen LogP contribution in [0.4, 0.5) is 0 Å². The highest BCUT2D eigenvalue weighted by atomic mass is 16.5. The highest BCUT2D eigenvalue weighted by Crippen LogP contribution is 2.39. The van der Waals surface area contributed by atoms with Gasteiger partial charge in [0.05, 0.1) is 13.2 Å². The Bertz CT molecular complexity index is 1130. The highest BCUT2D eigenvalue weighted by Gasteiger charge is 2.29. The summed E-state index contributed by atoms with van der Waals surface area (Å²) >= 11 is 0. The first-order chi connectivity index (χ1) is 14.3. The molecule has 1 atom stereocenters. The van der Waals surface area contributed by atoms with Crippen LogP contribution in [0.1, 0.15) is 28.3 Å². The third-order valence-corrected chi connectivity index (χ3v) is 6.05. The number of methoxy groups -OCH3 is 1. The maximum atomic E-state index is 5.33. The molecule has 1 heterocycles. The molecular weight excluding hydrogens is 354 g/mol. The molecule has 0 amide bonds. The predicted octanol–water partition coefficient (Wildman–Crippen LogP) is 6.00. The van der Waals surface area contributed by atoms with Gasteiger partial charge in [-0.15, -0.1) is 0 Å². The minimum absolute atomic E-state index is 0.258. The van der Waals surface area contributed by atoms with Gasteiger partial charge in [-0.25, -0.2) is 0 Å². The van der Waals surface area contributed by atoms with Crippen molar-refractivity contribution in [2.24, 2.45) is 0 Å². The van der Waals surface area contributed by atoms with Crippen LogP contribution in [0.25, 0.3) is 10.8 Å². The van der Waals surface area contributed by atoms with Crippen LogP contribution in [0.3, 0.4) is 0 Å². The van der Waals surface area contributed by atoms with Crippen LogP contribution < -0.4 is 4.74 Å². The molecule has 0 N–H and O–H groups in total. The smallest absolute Gasteiger partial charge is 0.118 e. The van der Waals surface area contributed by atoms with E-state index in [0.29, 0.717) is 0 Å². The molecule has 4 aromatic carbocycles. The molecule has 0 saturated heterocycles. The van der Waals surface area contributed by atoms with Crippen molar-refractivity contribution >= 4 is 10.8 Å². The van der Waals surface area contributed by atoms with Crippen molar-refractivity contribution < 1.29 is 4.74 Å². The summed E-state index contributed by atoms with van der Waals surface area (Å²) in [5, 5.41) is 2.65. The van der Waals surface area contributed by atoms with Gasteiger partial charge in [-0.05, 0) is 51.6 Å². The summed E-state index contributed by atoms with van der Waals surface area (Å²) in [4.78, 5) is 2.62. The van der Waals surface area contributed by atoms with Gasteiger partial charge in [-0.2, -0.15) is 0 Å². The molecule has 2 nitrogen and oxygen atoms in total. The van der Waals surface area contributed by atoms with E-state index in [2.05, 4.69) is 95.9 Å². The van der Waals surface area contributed by atoms with E-state index in [1.165, 1.54) is 33.0 Å². The molecule has 0 radical (unpaired) electrons. The van der Waals surface area contributed by atoms with Crippen molar-refractivity contribution in [2.75, 3.05) is 13.7 Å². The molecule has 5 rings (SSSR count). The van der Waals surface area contributed by atoms with E-state index in [4.69, 9.17) is 4.74 Å². The van der Waals surface area contributed by atoms with Gasteiger partial charge in [-0.3, -0.25) is 4.90 Å². The largest absolute Gasteiger partial charge is 0.497 e. The van der Waals surface area contributed by atoms with E-state index >= 15 is 0 Å². The number of fused-ring (bicyclic) bond motifs is 2. The molecule has 0 fully saturated rings. The number of hydrogen-bond donors (Lipinski definition) is 0. The number of ether oxygens (including phenoxy) is 1. The first-order valence-corrected chi connectivity index (χ1v) is 10.3. The Balaban J connectivity index is 1.60. The van der Waals surface area contributed by atoms with Crippen molar-refractivity contribution in [3.63, 3.8) is 0 Å².